The van der Waals surface area contributed by atoms with E-state index in [-0.39, 0.29) is 28.5 Å². The number of hydrogen-bond donors (Lipinski definition) is 0. The lowest BCUT2D eigenvalue weighted by atomic mass is 10.0. The number of halogens is 3. The molecule has 36 heavy (non-hydrogen) atoms. The molecule has 0 spiro atoms. The number of ether oxygens (including phenoxy) is 1. The van der Waals surface area contributed by atoms with Gasteiger partial charge in [-0.3, -0.25) is 9.78 Å². The third kappa shape index (κ3) is 3.91. The largest absolute Gasteiger partial charge is 0.433 e. The maximum Gasteiger partial charge on any atom is 0.433 e. The van der Waals surface area contributed by atoms with Gasteiger partial charge in [-0.15, -0.1) is 11.3 Å². The lowest BCUT2D eigenvalue weighted by Gasteiger charge is -2.12. The Labute approximate surface area is 205 Å². The Morgan fingerprint density at radius 3 is 2.69 bits per heavy atom. The van der Waals surface area contributed by atoms with Gasteiger partial charge in [0.15, 0.2) is 16.9 Å². The molecule has 5 aromatic rings. The van der Waals surface area contributed by atoms with Crippen LogP contribution in [0.4, 0.5) is 13.2 Å². The average Bonchev–Trinajstić information content (AvgIpc) is 3.53. The van der Waals surface area contributed by atoms with Crippen LogP contribution in [0.2, 0.25) is 0 Å². The van der Waals surface area contributed by atoms with Crippen LogP contribution in [0.5, 0.6) is 0 Å². The zero-order valence-electron chi connectivity index (χ0n) is 18.8. The van der Waals surface area contributed by atoms with E-state index in [2.05, 4.69) is 25.0 Å². The van der Waals surface area contributed by atoms with E-state index in [4.69, 9.17) is 4.74 Å². The third-order valence-corrected chi connectivity index (χ3v) is 7.10. The van der Waals surface area contributed by atoms with Crippen LogP contribution in [0.1, 0.15) is 29.4 Å². The highest BCUT2D eigenvalue weighted by Gasteiger charge is 2.32. The van der Waals surface area contributed by atoms with E-state index in [1.54, 1.807) is 13.1 Å². The average molecular weight is 511 g/mol. The van der Waals surface area contributed by atoms with Gasteiger partial charge in [-0.05, 0) is 37.6 Å². The summed E-state index contributed by atoms with van der Waals surface area (Å²) in [4.78, 5) is 30.8. The zero-order valence-corrected chi connectivity index (χ0v) is 19.6. The maximum atomic E-state index is 13.4. The molecular formula is C24H17F3N6O2S. The summed E-state index contributed by atoms with van der Waals surface area (Å²) in [5.41, 5.74) is 0.558. The summed E-state index contributed by atoms with van der Waals surface area (Å²) in [6, 6.07) is 5.94. The maximum absolute atomic E-state index is 13.4. The van der Waals surface area contributed by atoms with E-state index < -0.39 is 17.3 Å². The van der Waals surface area contributed by atoms with Gasteiger partial charge in [-0.1, -0.05) is 0 Å². The van der Waals surface area contributed by atoms with Crippen LogP contribution >= 0.6 is 11.3 Å². The molecule has 0 aromatic carbocycles. The molecular weight excluding hydrogens is 493 g/mol. The van der Waals surface area contributed by atoms with Crippen LogP contribution in [-0.4, -0.2) is 42.9 Å². The Morgan fingerprint density at radius 2 is 1.97 bits per heavy atom. The summed E-state index contributed by atoms with van der Waals surface area (Å²) >= 11 is 1.39. The SMILES string of the molecule is Cc1cnc2c(=O)c(-c3cc4cnc([C@H]5CCOC5)cc4s3)nn(-c3ccc(C(F)(F)F)nc3)c2n1. The van der Waals surface area contributed by atoms with Crippen molar-refractivity contribution >= 4 is 32.6 Å². The van der Waals surface area contributed by atoms with Crippen molar-refractivity contribution in [3.8, 4) is 16.3 Å². The molecule has 1 aliphatic rings. The predicted molar refractivity (Wildman–Crippen MR) is 127 cm³/mol. The molecule has 0 bridgehead atoms. The summed E-state index contributed by atoms with van der Waals surface area (Å²) in [7, 11) is 0. The van der Waals surface area contributed by atoms with Crippen molar-refractivity contribution in [2.45, 2.75) is 25.4 Å². The fraction of sp³-hybridized carbons (Fsp3) is 0.250. The van der Waals surface area contributed by atoms with Crippen LogP contribution in [0, 0.1) is 6.92 Å². The molecule has 0 amide bonds. The minimum Gasteiger partial charge on any atom is -0.381 e. The Morgan fingerprint density at radius 1 is 1.11 bits per heavy atom. The first-order chi connectivity index (χ1) is 17.3. The first kappa shape index (κ1) is 22.7. The minimum atomic E-state index is -4.58. The van der Waals surface area contributed by atoms with Crippen molar-refractivity contribution in [1.29, 1.82) is 0 Å². The molecule has 6 heterocycles. The second-order valence-corrected chi connectivity index (χ2v) is 9.57. The number of nitrogens with zero attached hydrogens (tertiary/aromatic N) is 6. The van der Waals surface area contributed by atoms with Gasteiger partial charge in [0.2, 0.25) is 5.43 Å². The van der Waals surface area contributed by atoms with Gasteiger partial charge in [0, 0.05) is 40.7 Å². The number of aryl methyl sites for hydroxylation is 1. The molecule has 12 heteroatoms. The molecule has 0 saturated carbocycles. The summed E-state index contributed by atoms with van der Waals surface area (Å²) in [6.45, 7) is 3.04. The Bertz CT molecular complexity index is 1670. The van der Waals surface area contributed by atoms with Gasteiger partial charge in [-0.2, -0.15) is 18.3 Å². The summed E-state index contributed by atoms with van der Waals surface area (Å²) < 4.78 is 46.8. The second-order valence-electron chi connectivity index (χ2n) is 8.49. The van der Waals surface area contributed by atoms with Gasteiger partial charge < -0.3 is 4.74 Å². The Balaban J connectivity index is 1.52. The van der Waals surface area contributed by atoms with Gasteiger partial charge >= 0.3 is 6.18 Å². The molecule has 1 atom stereocenters. The van der Waals surface area contributed by atoms with E-state index in [1.165, 1.54) is 28.3 Å². The van der Waals surface area contributed by atoms with Crippen LogP contribution in [0.25, 0.3) is 37.5 Å². The van der Waals surface area contributed by atoms with Crippen molar-refractivity contribution in [3.05, 3.63) is 70.2 Å². The van der Waals surface area contributed by atoms with Crippen molar-refractivity contribution in [2.75, 3.05) is 13.2 Å². The van der Waals surface area contributed by atoms with Crippen LogP contribution in [0.15, 0.2) is 47.7 Å². The van der Waals surface area contributed by atoms with Crippen LogP contribution < -0.4 is 5.43 Å². The quantitative estimate of drug-likeness (QED) is 0.348. The highest BCUT2D eigenvalue weighted by atomic mass is 32.1. The van der Waals surface area contributed by atoms with E-state index in [1.807, 2.05) is 12.1 Å². The van der Waals surface area contributed by atoms with Crippen LogP contribution in [0.3, 0.4) is 0 Å². The van der Waals surface area contributed by atoms with Crippen molar-refractivity contribution in [1.82, 2.24) is 29.7 Å². The first-order valence-corrected chi connectivity index (χ1v) is 11.9. The van der Waals surface area contributed by atoms with E-state index in [0.29, 0.717) is 23.8 Å². The molecule has 1 saturated heterocycles. The molecule has 5 aromatic heterocycles. The number of fused-ring (bicyclic) bond motifs is 2. The van der Waals surface area contributed by atoms with E-state index >= 15 is 0 Å². The van der Waals surface area contributed by atoms with Crippen molar-refractivity contribution in [3.63, 3.8) is 0 Å². The molecule has 1 aliphatic heterocycles. The number of hydrogen-bond acceptors (Lipinski definition) is 8. The van der Waals surface area contributed by atoms with E-state index in [9.17, 15) is 18.0 Å². The summed E-state index contributed by atoms with van der Waals surface area (Å²) in [5, 5.41) is 5.38. The van der Waals surface area contributed by atoms with Gasteiger partial charge in [-0.25, -0.2) is 19.6 Å². The van der Waals surface area contributed by atoms with Crippen molar-refractivity contribution < 1.29 is 17.9 Å². The standard InChI is InChI=1S/C24H17F3N6O2S/c1-12-8-30-21-22(34)20(18-6-14-9-28-16(7-17(14)36-18)13-4-5-35-11-13)32-33(23(21)31-12)15-2-3-19(29-10-15)24(25,26)27/h2-3,6-10,13H,4-5,11H2,1H3/t13-/m0/s1. The molecule has 182 valence electrons. The predicted octanol–water partition coefficient (Wildman–Crippen LogP) is 4.68. The first-order valence-electron chi connectivity index (χ1n) is 11.1. The molecule has 6 rings (SSSR count). The summed E-state index contributed by atoms with van der Waals surface area (Å²) in [6.07, 6.45) is 0.623. The zero-order chi connectivity index (χ0) is 25.0. The Kier molecular flexibility index (Phi) is 5.30. The third-order valence-electron chi connectivity index (χ3n) is 5.99. The number of pyridine rings is 2. The fourth-order valence-corrected chi connectivity index (χ4v) is 5.22. The lowest BCUT2D eigenvalue weighted by molar-refractivity contribution is -0.141. The molecule has 8 nitrogen and oxygen atoms in total. The molecule has 0 aliphatic carbocycles. The number of alkyl halides is 3. The molecule has 0 radical (unpaired) electrons. The van der Waals surface area contributed by atoms with E-state index in [0.717, 1.165) is 34.5 Å². The normalized spacial score (nSPS) is 16.3. The molecule has 0 unspecified atom stereocenters. The Hall–Kier alpha value is -3.77. The minimum absolute atomic E-state index is 0.0601. The van der Waals surface area contributed by atoms with Gasteiger partial charge in [0.1, 0.15) is 5.69 Å². The summed E-state index contributed by atoms with van der Waals surface area (Å²) in [5.74, 6) is 0.238. The smallest absolute Gasteiger partial charge is 0.381 e. The van der Waals surface area contributed by atoms with Gasteiger partial charge in [0.05, 0.1) is 29.1 Å². The van der Waals surface area contributed by atoms with Crippen LogP contribution in [-0.2, 0) is 10.9 Å². The monoisotopic (exact) mass is 510 g/mol. The second kappa shape index (κ2) is 8.42. The number of rotatable bonds is 3. The topological polar surface area (TPSA) is 95.7 Å². The highest BCUT2D eigenvalue weighted by molar-refractivity contribution is 7.22. The molecule has 0 N–H and O–H groups in total. The lowest BCUT2D eigenvalue weighted by Crippen LogP contribution is -2.18. The van der Waals surface area contributed by atoms with Crippen molar-refractivity contribution in [2.24, 2.45) is 0 Å². The highest BCUT2D eigenvalue weighted by Crippen LogP contribution is 2.34. The number of aromatic nitrogens is 6. The fourth-order valence-electron chi connectivity index (χ4n) is 4.15. The number of thiophene rings is 1. The molecule has 1 fully saturated rings. The van der Waals surface area contributed by atoms with Gasteiger partial charge in [0.25, 0.3) is 0 Å².